The molecular formula is C27H25N3O2S. The second kappa shape index (κ2) is 10.2. The van der Waals surface area contributed by atoms with Crippen LogP contribution in [0.15, 0.2) is 66.7 Å². The van der Waals surface area contributed by atoms with Gasteiger partial charge in [0.15, 0.2) is 5.82 Å². The van der Waals surface area contributed by atoms with Crippen molar-refractivity contribution in [2.75, 3.05) is 5.32 Å². The topological polar surface area (TPSA) is 75.1 Å². The summed E-state index contributed by atoms with van der Waals surface area (Å²) < 4.78 is 0. The molecule has 33 heavy (non-hydrogen) atoms. The van der Waals surface area contributed by atoms with Crippen molar-refractivity contribution in [2.24, 2.45) is 0 Å². The Bertz CT molecular complexity index is 1280. The third-order valence-electron chi connectivity index (χ3n) is 5.23. The van der Waals surface area contributed by atoms with Crippen LogP contribution in [0.4, 0.5) is 11.5 Å². The average Bonchev–Trinajstić information content (AvgIpc) is 3.28. The number of aromatic nitrogens is 2. The molecule has 6 heteroatoms. The van der Waals surface area contributed by atoms with Crippen molar-refractivity contribution in [1.82, 2.24) is 9.97 Å². The highest BCUT2D eigenvalue weighted by atomic mass is 32.1. The van der Waals surface area contributed by atoms with Gasteiger partial charge in [-0.25, -0.2) is 9.97 Å². The minimum absolute atomic E-state index is 0.0106. The maximum Gasteiger partial charge on any atom is 0.307 e. The van der Waals surface area contributed by atoms with Crippen molar-refractivity contribution in [3.63, 3.8) is 0 Å². The van der Waals surface area contributed by atoms with Crippen LogP contribution in [0.5, 0.6) is 0 Å². The number of hydrogen-bond acceptors (Lipinski definition) is 5. The van der Waals surface area contributed by atoms with Crippen LogP contribution in [-0.2, 0) is 17.6 Å². The predicted octanol–water partition coefficient (Wildman–Crippen LogP) is 6.62. The quantitative estimate of drug-likeness (QED) is 0.312. The van der Waals surface area contributed by atoms with Crippen molar-refractivity contribution >= 4 is 41.0 Å². The number of anilines is 2. The molecule has 2 N–H and O–H groups in total. The van der Waals surface area contributed by atoms with E-state index in [0.29, 0.717) is 5.82 Å². The van der Waals surface area contributed by atoms with E-state index in [4.69, 9.17) is 15.1 Å². The van der Waals surface area contributed by atoms with Crippen LogP contribution >= 0.6 is 11.3 Å². The third kappa shape index (κ3) is 5.73. The van der Waals surface area contributed by atoms with Gasteiger partial charge in [0.2, 0.25) is 0 Å². The zero-order chi connectivity index (χ0) is 23.2. The Morgan fingerprint density at radius 3 is 2.45 bits per heavy atom. The molecule has 0 fully saturated rings. The first-order chi connectivity index (χ1) is 16.0. The van der Waals surface area contributed by atoms with Crippen molar-refractivity contribution in [3.8, 4) is 10.7 Å². The zero-order valence-corrected chi connectivity index (χ0v) is 19.4. The highest BCUT2D eigenvalue weighted by molar-refractivity contribution is 7.16. The van der Waals surface area contributed by atoms with Crippen LogP contribution in [0.25, 0.3) is 22.9 Å². The number of nitrogens with zero attached hydrogens (tertiary/aromatic N) is 2. The van der Waals surface area contributed by atoms with E-state index in [0.717, 1.165) is 50.1 Å². The fourth-order valence-electron chi connectivity index (χ4n) is 3.56. The van der Waals surface area contributed by atoms with Gasteiger partial charge in [-0.1, -0.05) is 55.5 Å². The number of aliphatic carboxylic acids is 1. The molecule has 0 saturated carbocycles. The van der Waals surface area contributed by atoms with Gasteiger partial charge in [0.25, 0.3) is 0 Å². The van der Waals surface area contributed by atoms with Crippen LogP contribution in [0, 0.1) is 6.92 Å². The number of hydrogen-bond donors (Lipinski definition) is 2. The summed E-state index contributed by atoms with van der Waals surface area (Å²) in [4.78, 5) is 22.7. The van der Waals surface area contributed by atoms with Gasteiger partial charge in [-0.2, -0.15) is 0 Å². The molecule has 0 atom stereocenters. The smallest absolute Gasteiger partial charge is 0.307 e. The van der Waals surface area contributed by atoms with Gasteiger partial charge in [0.05, 0.1) is 11.3 Å². The van der Waals surface area contributed by atoms with E-state index < -0.39 is 5.97 Å². The van der Waals surface area contributed by atoms with E-state index in [2.05, 4.69) is 48.7 Å². The second-order valence-electron chi connectivity index (χ2n) is 7.65. The molecular weight excluding hydrogens is 430 g/mol. The molecule has 0 bridgehead atoms. The summed E-state index contributed by atoms with van der Waals surface area (Å²) in [6.45, 7) is 4.10. The normalized spacial score (nSPS) is 11.1. The van der Waals surface area contributed by atoms with E-state index in [1.807, 2.05) is 49.4 Å². The third-order valence-corrected chi connectivity index (χ3v) is 6.27. The van der Waals surface area contributed by atoms with Gasteiger partial charge in [0, 0.05) is 21.8 Å². The molecule has 0 radical (unpaired) electrons. The van der Waals surface area contributed by atoms with E-state index in [1.165, 1.54) is 0 Å². The van der Waals surface area contributed by atoms with Gasteiger partial charge < -0.3 is 10.4 Å². The van der Waals surface area contributed by atoms with Crippen molar-refractivity contribution in [2.45, 2.75) is 26.7 Å². The molecule has 0 spiro atoms. The molecule has 2 heterocycles. The zero-order valence-electron chi connectivity index (χ0n) is 18.6. The van der Waals surface area contributed by atoms with Crippen LogP contribution < -0.4 is 5.32 Å². The number of aryl methyl sites for hydroxylation is 1. The summed E-state index contributed by atoms with van der Waals surface area (Å²) in [5, 5.41) is 12.4. The first-order valence-corrected chi connectivity index (χ1v) is 11.6. The van der Waals surface area contributed by atoms with E-state index in [1.54, 1.807) is 11.3 Å². The van der Waals surface area contributed by atoms with Crippen LogP contribution in [0.1, 0.15) is 34.2 Å². The van der Waals surface area contributed by atoms with Gasteiger partial charge in [-0.15, -0.1) is 11.3 Å². The Labute approximate surface area is 197 Å². The lowest BCUT2D eigenvalue weighted by molar-refractivity contribution is -0.136. The molecule has 0 aliphatic heterocycles. The number of benzene rings is 2. The van der Waals surface area contributed by atoms with Crippen LogP contribution in [-0.4, -0.2) is 21.0 Å². The molecule has 4 rings (SSSR count). The van der Waals surface area contributed by atoms with Crippen molar-refractivity contribution < 1.29 is 9.90 Å². The lowest BCUT2D eigenvalue weighted by Crippen LogP contribution is -2.05. The standard InChI is InChI=1S/C27H25N3O2S/c1-3-23-18(2)28-27(24-16-15-22(33-24)14-11-19-7-5-4-6-8-19)30-26(23)29-21-12-9-20(10-13-21)17-25(31)32/h4-16H,3,17H2,1-2H3,(H,31,32)(H,28,29,30). The van der Waals surface area contributed by atoms with Gasteiger partial charge in [0.1, 0.15) is 5.82 Å². The number of carboxylic acids is 1. The molecule has 0 unspecified atom stereocenters. The Kier molecular flexibility index (Phi) is 6.95. The Morgan fingerprint density at radius 2 is 1.76 bits per heavy atom. The molecule has 0 aliphatic carbocycles. The highest BCUT2D eigenvalue weighted by Gasteiger charge is 2.13. The first kappa shape index (κ1) is 22.4. The summed E-state index contributed by atoms with van der Waals surface area (Å²) in [6.07, 6.45) is 5.02. The summed E-state index contributed by atoms with van der Waals surface area (Å²) in [6, 6.07) is 21.8. The lowest BCUT2D eigenvalue weighted by Gasteiger charge is -2.14. The Morgan fingerprint density at radius 1 is 1.00 bits per heavy atom. The lowest BCUT2D eigenvalue weighted by atomic mass is 10.1. The van der Waals surface area contributed by atoms with Crippen molar-refractivity contribution in [1.29, 1.82) is 0 Å². The van der Waals surface area contributed by atoms with Gasteiger partial charge in [-0.3, -0.25) is 4.79 Å². The predicted molar refractivity (Wildman–Crippen MR) is 136 cm³/mol. The largest absolute Gasteiger partial charge is 0.481 e. The molecule has 2 aromatic carbocycles. The molecule has 0 saturated heterocycles. The fourth-order valence-corrected chi connectivity index (χ4v) is 4.40. The summed E-state index contributed by atoms with van der Waals surface area (Å²) in [7, 11) is 0. The Hall–Kier alpha value is -3.77. The van der Waals surface area contributed by atoms with E-state index >= 15 is 0 Å². The SMILES string of the molecule is CCc1c(C)nc(-c2ccc(C=Cc3ccccc3)s2)nc1Nc1ccc(CC(=O)O)cc1. The minimum atomic E-state index is -0.839. The summed E-state index contributed by atoms with van der Waals surface area (Å²) >= 11 is 1.65. The van der Waals surface area contributed by atoms with Gasteiger partial charge >= 0.3 is 5.97 Å². The second-order valence-corrected chi connectivity index (χ2v) is 8.77. The Balaban J connectivity index is 1.58. The molecule has 166 valence electrons. The maximum atomic E-state index is 10.9. The fraction of sp³-hybridized carbons (Fsp3) is 0.148. The number of thiophene rings is 1. The number of rotatable bonds is 8. The van der Waals surface area contributed by atoms with Gasteiger partial charge in [-0.05, 0) is 54.8 Å². The highest BCUT2D eigenvalue weighted by Crippen LogP contribution is 2.30. The van der Waals surface area contributed by atoms with Crippen LogP contribution in [0.2, 0.25) is 0 Å². The van der Waals surface area contributed by atoms with E-state index in [-0.39, 0.29) is 6.42 Å². The number of carbonyl (C=O) groups is 1. The monoisotopic (exact) mass is 455 g/mol. The first-order valence-electron chi connectivity index (χ1n) is 10.8. The molecule has 0 amide bonds. The average molecular weight is 456 g/mol. The van der Waals surface area contributed by atoms with Crippen molar-refractivity contribution in [3.05, 3.63) is 94.0 Å². The summed E-state index contributed by atoms with van der Waals surface area (Å²) in [5.74, 6) is 0.633. The molecule has 2 aromatic heterocycles. The molecule has 4 aromatic rings. The van der Waals surface area contributed by atoms with Crippen LogP contribution in [0.3, 0.4) is 0 Å². The summed E-state index contributed by atoms with van der Waals surface area (Å²) in [5.41, 5.74) is 4.79. The maximum absolute atomic E-state index is 10.9. The number of nitrogens with one attached hydrogen (secondary N) is 1. The molecule has 5 nitrogen and oxygen atoms in total. The molecule has 0 aliphatic rings. The minimum Gasteiger partial charge on any atom is -0.481 e. The number of carboxylic acid groups (broad SMARTS) is 1. The van der Waals surface area contributed by atoms with E-state index in [9.17, 15) is 4.79 Å².